The van der Waals surface area contributed by atoms with E-state index >= 15 is 0 Å². The van der Waals surface area contributed by atoms with Crippen molar-refractivity contribution >= 4 is 28.5 Å². The minimum absolute atomic E-state index is 0.343. The molecule has 1 aliphatic carbocycles. The summed E-state index contributed by atoms with van der Waals surface area (Å²) in [6.45, 7) is 2.43. The van der Waals surface area contributed by atoms with E-state index in [1.165, 1.54) is 47.7 Å². The standard InChI is InChI=1S/C33H35N3O5/c1-39-32(37)24-11-12-27-28(18-24)35-20-25(31-34-36(33(38)41-31)19-21-13-15-40-16-14-21)17-23-9-5-6-10-26(23)30(35)29(27)22-7-3-2-4-8-22/h5-6,9-12,17-18,21-22H,2-4,7-8,13-16,19-20H2,1H3. The van der Waals surface area contributed by atoms with Gasteiger partial charge in [0.15, 0.2) is 0 Å². The number of allylic oxidation sites excluding steroid dienone is 1. The zero-order valence-corrected chi connectivity index (χ0v) is 23.4. The highest BCUT2D eigenvalue weighted by Crippen LogP contribution is 2.47. The molecule has 7 rings (SSSR count). The molecule has 4 aromatic rings. The molecule has 0 N–H and O–H groups in total. The van der Waals surface area contributed by atoms with Crippen molar-refractivity contribution < 1.29 is 18.7 Å². The van der Waals surface area contributed by atoms with E-state index in [0.29, 0.717) is 49.6 Å². The molecule has 0 spiro atoms. The van der Waals surface area contributed by atoms with Crippen LogP contribution in [0.1, 0.15) is 78.2 Å². The van der Waals surface area contributed by atoms with E-state index in [2.05, 4.69) is 34.9 Å². The van der Waals surface area contributed by atoms with Crippen LogP contribution in [0.3, 0.4) is 0 Å². The van der Waals surface area contributed by atoms with Crippen molar-refractivity contribution in [1.29, 1.82) is 0 Å². The van der Waals surface area contributed by atoms with Crippen LogP contribution in [-0.4, -0.2) is 40.6 Å². The quantitative estimate of drug-likeness (QED) is 0.271. The molecule has 0 unspecified atom stereocenters. The average molecular weight is 554 g/mol. The summed E-state index contributed by atoms with van der Waals surface area (Å²) in [6.07, 6.45) is 9.95. The number of carbonyl (C=O) groups excluding carboxylic acids is 1. The molecule has 0 bridgehead atoms. The molecule has 3 aliphatic rings. The summed E-state index contributed by atoms with van der Waals surface area (Å²) in [4.78, 5) is 25.5. The van der Waals surface area contributed by atoms with Crippen LogP contribution in [0.2, 0.25) is 0 Å². The number of carbonyl (C=O) groups is 1. The second kappa shape index (κ2) is 10.8. The van der Waals surface area contributed by atoms with Gasteiger partial charge in [-0.1, -0.05) is 49.6 Å². The SMILES string of the molecule is COC(=O)c1ccc2c(C3CCCCC3)c3n(c2c1)CC(c1nn(CC2CCOCC2)c(=O)o1)=Cc1ccccc1-3. The Morgan fingerprint density at radius 3 is 2.66 bits per heavy atom. The Morgan fingerprint density at radius 2 is 1.85 bits per heavy atom. The summed E-state index contributed by atoms with van der Waals surface area (Å²) >= 11 is 0. The number of fused-ring (bicyclic) bond motifs is 5. The number of hydrogen-bond acceptors (Lipinski definition) is 6. The van der Waals surface area contributed by atoms with Crippen molar-refractivity contribution in [2.45, 2.75) is 64.0 Å². The van der Waals surface area contributed by atoms with Gasteiger partial charge in [0.05, 0.1) is 31.5 Å². The Morgan fingerprint density at radius 1 is 1.05 bits per heavy atom. The van der Waals surface area contributed by atoms with Crippen LogP contribution >= 0.6 is 0 Å². The van der Waals surface area contributed by atoms with Gasteiger partial charge < -0.3 is 18.5 Å². The smallest absolute Gasteiger partial charge is 0.437 e. The minimum atomic E-state index is -0.432. The highest BCUT2D eigenvalue weighted by Gasteiger charge is 2.30. The molecule has 0 atom stereocenters. The first kappa shape index (κ1) is 26.0. The number of aromatic nitrogens is 3. The van der Waals surface area contributed by atoms with Gasteiger partial charge in [-0.2, -0.15) is 4.68 Å². The van der Waals surface area contributed by atoms with E-state index in [0.717, 1.165) is 47.9 Å². The van der Waals surface area contributed by atoms with Crippen molar-refractivity contribution in [3.05, 3.63) is 75.6 Å². The summed E-state index contributed by atoms with van der Waals surface area (Å²) in [7, 11) is 1.41. The van der Waals surface area contributed by atoms with Crippen LogP contribution in [0, 0.1) is 5.92 Å². The summed E-state index contributed by atoms with van der Waals surface area (Å²) in [5, 5.41) is 5.86. The van der Waals surface area contributed by atoms with Gasteiger partial charge in [-0.15, -0.1) is 5.10 Å². The van der Waals surface area contributed by atoms with Crippen molar-refractivity contribution in [2.75, 3.05) is 20.3 Å². The maximum absolute atomic E-state index is 12.9. The number of rotatable bonds is 5. The van der Waals surface area contributed by atoms with Crippen molar-refractivity contribution in [3.63, 3.8) is 0 Å². The number of nitrogens with zero attached hydrogens (tertiary/aromatic N) is 3. The molecular weight excluding hydrogens is 518 g/mol. The molecule has 0 amide bonds. The molecule has 4 heterocycles. The van der Waals surface area contributed by atoms with Crippen molar-refractivity contribution in [1.82, 2.24) is 14.3 Å². The predicted octanol–water partition coefficient (Wildman–Crippen LogP) is 6.27. The van der Waals surface area contributed by atoms with Gasteiger partial charge in [0.1, 0.15) is 0 Å². The van der Waals surface area contributed by atoms with E-state index in [4.69, 9.17) is 19.0 Å². The van der Waals surface area contributed by atoms with Gasteiger partial charge in [-0.25, -0.2) is 9.59 Å². The summed E-state index contributed by atoms with van der Waals surface area (Å²) in [6, 6.07) is 14.3. The van der Waals surface area contributed by atoms with Crippen LogP contribution in [0.4, 0.5) is 0 Å². The van der Waals surface area contributed by atoms with Crippen molar-refractivity contribution in [3.8, 4) is 11.3 Å². The third kappa shape index (κ3) is 4.74. The number of methoxy groups -OCH3 is 1. The number of esters is 1. The monoisotopic (exact) mass is 553 g/mol. The van der Waals surface area contributed by atoms with Crippen LogP contribution in [-0.2, 0) is 22.6 Å². The molecule has 8 nitrogen and oxygen atoms in total. The highest BCUT2D eigenvalue weighted by atomic mass is 16.5. The second-order valence-electron chi connectivity index (χ2n) is 11.6. The normalized spacial score (nSPS) is 18.0. The first-order valence-electron chi connectivity index (χ1n) is 14.8. The van der Waals surface area contributed by atoms with E-state index in [-0.39, 0.29) is 5.97 Å². The molecule has 212 valence electrons. The average Bonchev–Trinajstić information content (AvgIpc) is 3.48. The maximum Gasteiger partial charge on any atom is 0.437 e. The maximum atomic E-state index is 12.9. The lowest BCUT2D eigenvalue weighted by Crippen LogP contribution is -2.25. The van der Waals surface area contributed by atoms with Gasteiger partial charge in [-0.05, 0) is 66.9 Å². The number of hydrogen-bond donors (Lipinski definition) is 0. The fourth-order valence-electron chi connectivity index (χ4n) is 6.98. The van der Waals surface area contributed by atoms with Gasteiger partial charge in [0.25, 0.3) is 0 Å². The lowest BCUT2D eigenvalue weighted by Gasteiger charge is -2.24. The summed E-state index contributed by atoms with van der Waals surface area (Å²) < 4.78 is 20.1. The van der Waals surface area contributed by atoms with Gasteiger partial charge in [0, 0.05) is 35.3 Å². The molecule has 2 fully saturated rings. The molecule has 41 heavy (non-hydrogen) atoms. The first-order valence-corrected chi connectivity index (χ1v) is 14.8. The lowest BCUT2D eigenvalue weighted by atomic mass is 9.81. The van der Waals surface area contributed by atoms with E-state index < -0.39 is 5.76 Å². The van der Waals surface area contributed by atoms with Gasteiger partial charge >= 0.3 is 11.7 Å². The van der Waals surface area contributed by atoms with Gasteiger partial charge in [-0.3, -0.25) is 0 Å². The van der Waals surface area contributed by atoms with Crippen LogP contribution < -0.4 is 5.76 Å². The van der Waals surface area contributed by atoms with Crippen molar-refractivity contribution in [2.24, 2.45) is 5.92 Å². The largest absolute Gasteiger partial charge is 0.465 e. The third-order valence-electron chi connectivity index (χ3n) is 9.07. The topological polar surface area (TPSA) is 88.5 Å². The summed E-state index contributed by atoms with van der Waals surface area (Å²) in [5.41, 5.74) is 7.07. The Hall–Kier alpha value is -3.91. The van der Waals surface area contributed by atoms with Crippen LogP contribution in [0.5, 0.6) is 0 Å². The fraction of sp³-hybridized carbons (Fsp3) is 0.424. The van der Waals surface area contributed by atoms with Crippen LogP contribution in [0.15, 0.2) is 51.7 Å². The summed E-state index contributed by atoms with van der Waals surface area (Å²) in [5.74, 6) is 0.341. The van der Waals surface area contributed by atoms with Crippen LogP contribution in [0.25, 0.3) is 33.8 Å². The first-order chi connectivity index (χ1) is 20.1. The fourth-order valence-corrected chi connectivity index (χ4v) is 6.98. The molecule has 0 radical (unpaired) electrons. The zero-order valence-electron chi connectivity index (χ0n) is 23.4. The third-order valence-corrected chi connectivity index (χ3v) is 9.07. The Bertz CT molecular complexity index is 1700. The highest BCUT2D eigenvalue weighted by molar-refractivity contribution is 6.01. The lowest BCUT2D eigenvalue weighted by molar-refractivity contribution is 0.0594. The molecule has 1 saturated carbocycles. The van der Waals surface area contributed by atoms with E-state index in [1.54, 1.807) is 0 Å². The van der Waals surface area contributed by atoms with Gasteiger partial charge in [0.2, 0.25) is 5.89 Å². The zero-order chi connectivity index (χ0) is 27.9. The molecule has 2 aromatic carbocycles. The molecule has 2 aromatic heterocycles. The Labute approximate surface area is 238 Å². The number of ether oxygens (including phenoxy) is 2. The Balaban J connectivity index is 1.39. The molecule has 1 saturated heterocycles. The Kier molecular flexibility index (Phi) is 6.87. The molecule has 2 aliphatic heterocycles. The molecular formula is C33H35N3O5. The predicted molar refractivity (Wildman–Crippen MR) is 157 cm³/mol. The second-order valence-corrected chi connectivity index (χ2v) is 11.6. The van der Waals surface area contributed by atoms with E-state index in [1.807, 2.05) is 18.2 Å². The molecule has 8 heteroatoms. The van der Waals surface area contributed by atoms with E-state index in [9.17, 15) is 9.59 Å². The minimum Gasteiger partial charge on any atom is -0.465 e. The number of benzene rings is 2.